The van der Waals surface area contributed by atoms with Crippen LogP contribution in [0.2, 0.25) is 0 Å². The summed E-state index contributed by atoms with van der Waals surface area (Å²) in [6.07, 6.45) is 1.76. The van der Waals surface area contributed by atoms with Gasteiger partial charge in [-0.1, -0.05) is 22.0 Å². The lowest BCUT2D eigenvalue weighted by molar-refractivity contribution is 0.767. The summed E-state index contributed by atoms with van der Waals surface area (Å²) >= 11 is 3.49. The Balaban J connectivity index is 2.50. The lowest BCUT2D eigenvalue weighted by Crippen LogP contribution is -1.96. The van der Waals surface area contributed by atoms with E-state index in [1.807, 2.05) is 16.7 Å². The van der Waals surface area contributed by atoms with Crippen molar-refractivity contribution in [2.75, 3.05) is 0 Å². The molecule has 2 rings (SSSR count). The number of rotatable bonds is 2. The van der Waals surface area contributed by atoms with Crippen LogP contribution in [0.5, 0.6) is 0 Å². The van der Waals surface area contributed by atoms with Crippen molar-refractivity contribution in [1.82, 2.24) is 14.8 Å². The van der Waals surface area contributed by atoms with Crippen LogP contribution >= 0.6 is 15.9 Å². The van der Waals surface area contributed by atoms with Gasteiger partial charge in [0.05, 0.1) is 0 Å². The zero-order valence-corrected chi connectivity index (χ0v) is 10.3. The van der Waals surface area contributed by atoms with Crippen LogP contribution in [0.1, 0.15) is 12.5 Å². The predicted molar refractivity (Wildman–Crippen MR) is 63.6 cm³/mol. The van der Waals surface area contributed by atoms with E-state index < -0.39 is 0 Å². The molecule has 1 aromatic heterocycles. The summed E-state index contributed by atoms with van der Waals surface area (Å²) in [4.78, 5) is 0. The first-order valence-corrected chi connectivity index (χ1v) is 5.66. The Labute approximate surface area is 97.3 Å². The molecular weight excluding hydrogens is 254 g/mol. The van der Waals surface area contributed by atoms with Crippen molar-refractivity contribution in [3.05, 3.63) is 34.6 Å². The summed E-state index contributed by atoms with van der Waals surface area (Å²) in [5, 5.41) is 8.05. The molecule has 1 heterocycles. The first-order chi connectivity index (χ1) is 7.22. The standard InChI is InChI=1S/C11H12BrN3/c1-3-15-7-13-14-11(15)9-4-5-10(12)8(2)6-9/h4-7H,3H2,1-2H3. The van der Waals surface area contributed by atoms with Crippen LogP contribution in [0.3, 0.4) is 0 Å². The third-order valence-corrected chi connectivity index (χ3v) is 3.26. The number of aromatic nitrogens is 3. The largest absolute Gasteiger partial charge is 0.314 e. The minimum atomic E-state index is 0.886. The molecule has 0 spiro atoms. The number of nitrogens with zero attached hydrogens (tertiary/aromatic N) is 3. The molecule has 0 atom stereocenters. The third kappa shape index (κ3) is 1.95. The molecule has 0 radical (unpaired) electrons. The van der Waals surface area contributed by atoms with Crippen LogP contribution in [-0.2, 0) is 6.54 Å². The zero-order chi connectivity index (χ0) is 10.8. The molecule has 0 unspecified atom stereocenters. The molecule has 0 aliphatic heterocycles. The molecule has 0 fully saturated rings. The second-order valence-electron chi connectivity index (χ2n) is 3.40. The Bertz CT molecular complexity index is 476. The van der Waals surface area contributed by atoms with Crippen molar-refractivity contribution in [3.8, 4) is 11.4 Å². The average molecular weight is 266 g/mol. The smallest absolute Gasteiger partial charge is 0.163 e. The summed E-state index contributed by atoms with van der Waals surface area (Å²) in [5.41, 5.74) is 2.31. The molecule has 0 saturated carbocycles. The molecule has 0 aliphatic rings. The fraction of sp³-hybridized carbons (Fsp3) is 0.273. The summed E-state index contributed by atoms with van der Waals surface area (Å²) in [6, 6.07) is 6.20. The van der Waals surface area contributed by atoms with Crippen LogP contribution in [0, 0.1) is 6.92 Å². The van der Waals surface area contributed by atoms with Gasteiger partial charge in [0.2, 0.25) is 0 Å². The zero-order valence-electron chi connectivity index (χ0n) is 8.74. The van der Waals surface area contributed by atoms with Crippen LogP contribution in [0.4, 0.5) is 0 Å². The number of hydrogen-bond acceptors (Lipinski definition) is 2. The molecule has 0 N–H and O–H groups in total. The maximum Gasteiger partial charge on any atom is 0.163 e. The van der Waals surface area contributed by atoms with Gasteiger partial charge in [-0.2, -0.15) is 0 Å². The molecule has 0 amide bonds. The van der Waals surface area contributed by atoms with E-state index in [1.54, 1.807) is 6.33 Å². The van der Waals surface area contributed by atoms with Gasteiger partial charge >= 0.3 is 0 Å². The van der Waals surface area contributed by atoms with E-state index in [0.717, 1.165) is 22.4 Å². The van der Waals surface area contributed by atoms with Gasteiger partial charge in [-0.15, -0.1) is 10.2 Å². The van der Waals surface area contributed by atoms with E-state index in [9.17, 15) is 0 Å². The normalized spacial score (nSPS) is 10.6. The highest BCUT2D eigenvalue weighted by Gasteiger charge is 2.06. The number of halogens is 1. The molecule has 15 heavy (non-hydrogen) atoms. The van der Waals surface area contributed by atoms with Crippen molar-refractivity contribution >= 4 is 15.9 Å². The quantitative estimate of drug-likeness (QED) is 0.836. The van der Waals surface area contributed by atoms with Crippen molar-refractivity contribution in [2.24, 2.45) is 0 Å². The van der Waals surface area contributed by atoms with Gasteiger partial charge < -0.3 is 4.57 Å². The monoisotopic (exact) mass is 265 g/mol. The second kappa shape index (κ2) is 4.14. The Morgan fingerprint density at radius 3 is 2.87 bits per heavy atom. The number of aryl methyl sites for hydroxylation is 2. The lowest BCUT2D eigenvalue weighted by Gasteiger charge is -2.05. The fourth-order valence-corrected chi connectivity index (χ4v) is 1.74. The van der Waals surface area contributed by atoms with Gasteiger partial charge in [-0.25, -0.2) is 0 Å². The van der Waals surface area contributed by atoms with Gasteiger partial charge in [-0.3, -0.25) is 0 Å². The Morgan fingerprint density at radius 2 is 2.20 bits per heavy atom. The van der Waals surface area contributed by atoms with E-state index in [4.69, 9.17) is 0 Å². The molecule has 1 aromatic carbocycles. The first-order valence-electron chi connectivity index (χ1n) is 4.86. The Hall–Kier alpha value is -1.16. The van der Waals surface area contributed by atoms with Crippen molar-refractivity contribution in [2.45, 2.75) is 20.4 Å². The van der Waals surface area contributed by atoms with Crippen molar-refractivity contribution < 1.29 is 0 Å². The van der Waals surface area contributed by atoms with Crippen LogP contribution in [0.15, 0.2) is 29.0 Å². The molecular formula is C11H12BrN3. The van der Waals surface area contributed by atoms with Crippen molar-refractivity contribution in [3.63, 3.8) is 0 Å². The predicted octanol–water partition coefficient (Wildman–Crippen LogP) is 3.04. The molecule has 0 saturated heterocycles. The maximum atomic E-state index is 4.13. The highest BCUT2D eigenvalue weighted by molar-refractivity contribution is 9.10. The van der Waals surface area contributed by atoms with Crippen LogP contribution in [-0.4, -0.2) is 14.8 Å². The third-order valence-electron chi connectivity index (χ3n) is 2.37. The van der Waals surface area contributed by atoms with Crippen molar-refractivity contribution in [1.29, 1.82) is 0 Å². The second-order valence-corrected chi connectivity index (χ2v) is 4.26. The minimum absolute atomic E-state index is 0.886. The summed E-state index contributed by atoms with van der Waals surface area (Å²) in [5.74, 6) is 0.924. The minimum Gasteiger partial charge on any atom is -0.314 e. The van der Waals surface area contributed by atoms with E-state index in [1.165, 1.54) is 5.56 Å². The van der Waals surface area contributed by atoms with E-state index >= 15 is 0 Å². The molecule has 3 nitrogen and oxygen atoms in total. The Morgan fingerprint density at radius 1 is 1.40 bits per heavy atom. The van der Waals surface area contributed by atoms with E-state index in [2.05, 4.69) is 46.0 Å². The van der Waals surface area contributed by atoms with Gasteiger partial charge in [0.1, 0.15) is 6.33 Å². The Kier molecular flexibility index (Phi) is 2.86. The molecule has 78 valence electrons. The molecule has 0 bridgehead atoms. The number of hydrogen-bond donors (Lipinski definition) is 0. The van der Waals surface area contributed by atoms with Gasteiger partial charge in [0.15, 0.2) is 5.82 Å². The first kappa shape index (κ1) is 10.4. The highest BCUT2D eigenvalue weighted by Crippen LogP contribution is 2.23. The average Bonchev–Trinajstić information content (AvgIpc) is 2.70. The summed E-state index contributed by atoms with van der Waals surface area (Å²) in [6.45, 7) is 5.04. The molecule has 0 aliphatic carbocycles. The summed E-state index contributed by atoms with van der Waals surface area (Å²) in [7, 11) is 0. The SMILES string of the molecule is CCn1cnnc1-c1ccc(Br)c(C)c1. The summed E-state index contributed by atoms with van der Waals surface area (Å²) < 4.78 is 3.15. The maximum absolute atomic E-state index is 4.13. The molecule has 2 aromatic rings. The van der Waals surface area contributed by atoms with Gasteiger partial charge in [0.25, 0.3) is 0 Å². The van der Waals surface area contributed by atoms with E-state index in [0.29, 0.717) is 0 Å². The lowest BCUT2D eigenvalue weighted by atomic mass is 10.1. The van der Waals surface area contributed by atoms with Gasteiger partial charge in [-0.05, 0) is 31.5 Å². The fourth-order valence-electron chi connectivity index (χ4n) is 1.49. The van der Waals surface area contributed by atoms with Gasteiger partial charge in [0, 0.05) is 16.6 Å². The highest BCUT2D eigenvalue weighted by atomic mass is 79.9. The van der Waals surface area contributed by atoms with E-state index in [-0.39, 0.29) is 0 Å². The number of benzene rings is 1. The topological polar surface area (TPSA) is 30.7 Å². The van der Waals surface area contributed by atoms with Crippen LogP contribution < -0.4 is 0 Å². The molecule has 4 heteroatoms. The van der Waals surface area contributed by atoms with Crippen LogP contribution in [0.25, 0.3) is 11.4 Å².